The number of thiazole rings is 1. The molecular formula is C17H23FN6O2S2. The number of rotatable bonds is 6. The van der Waals surface area contributed by atoms with Crippen LogP contribution in [-0.4, -0.2) is 59.1 Å². The van der Waals surface area contributed by atoms with E-state index in [1.807, 2.05) is 6.92 Å². The van der Waals surface area contributed by atoms with E-state index in [2.05, 4.69) is 25.6 Å². The zero-order valence-electron chi connectivity index (χ0n) is 15.8. The van der Waals surface area contributed by atoms with Gasteiger partial charge in [0.15, 0.2) is 10.9 Å². The summed E-state index contributed by atoms with van der Waals surface area (Å²) in [7, 11) is -3.16. The number of nitrogens with one attached hydrogen (secondary N) is 2. The molecule has 0 spiro atoms. The van der Waals surface area contributed by atoms with E-state index in [0.717, 1.165) is 23.7 Å². The van der Waals surface area contributed by atoms with Crippen LogP contribution in [0.3, 0.4) is 0 Å². The van der Waals surface area contributed by atoms with E-state index in [0.29, 0.717) is 42.8 Å². The second kappa shape index (κ2) is 7.53. The minimum atomic E-state index is -3.16. The first-order valence-electron chi connectivity index (χ1n) is 9.28. The van der Waals surface area contributed by atoms with Crippen molar-refractivity contribution in [1.82, 2.24) is 19.3 Å². The minimum Gasteiger partial charge on any atom is -0.359 e. The van der Waals surface area contributed by atoms with Crippen LogP contribution in [0.15, 0.2) is 6.20 Å². The Morgan fingerprint density at radius 2 is 1.82 bits per heavy atom. The van der Waals surface area contributed by atoms with Gasteiger partial charge in [-0.05, 0) is 32.6 Å². The van der Waals surface area contributed by atoms with Crippen LogP contribution >= 0.6 is 11.3 Å². The van der Waals surface area contributed by atoms with Gasteiger partial charge in [0.05, 0.1) is 23.0 Å². The lowest BCUT2D eigenvalue weighted by atomic mass is 10.1. The molecule has 0 amide bonds. The van der Waals surface area contributed by atoms with Crippen LogP contribution in [-0.2, 0) is 10.0 Å². The molecule has 8 nitrogen and oxygen atoms in total. The molecule has 1 aliphatic carbocycles. The minimum absolute atomic E-state index is 0.0472. The first-order chi connectivity index (χ1) is 13.3. The lowest BCUT2D eigenvalue weighted by Crippen LogP contribution is -2.42. The average molecular weight is 427 g/mol. The summed E-state index contributed by atoms with van der Waals surface area (Å²) in [5.41, 5.74) is 0.975. The van der Waals surface area contributed by atoms with Gasteiger partial charge in [-0.25, -0.2) is 32.1 Å². The van der Waals surface area contributed by atoms with Crippen LogP contribution in [0.1, 0.15) is 31.4 Å². The molecule has 2 fully saturated rings. The molecule has 1 saturated carbocycles. The zero-order valence-corrected chi connectivity index (χ0v) is 17.4. The van der Waals surface area contributed by atoms with Crippen molar-refractivity contribution < 1.29 is 12.8 Å². The van der Waals surface area contributed by atoms with Crippen molar-refractivity contribution in [2.45, 2.75) is 44.7 Å². The van der Waals surface area contributed by atoms with Crippen molar-refractivity contribution in [3.63, 3.8) is 0 Å². The highest BCUT2D eigenvalue weighted by Crippen LogP contribution is 2.35. The quantitative estimate of drug-likeness (QED) is 0.732. The molecule has 0 unspecified atom stereocenters. The van der Waals surface area contributed by atoms with Gasteiger partial charge < -0.3 is 10.6 Å². The number of hydrogen-bond donors (Lipinski definition) is 2. The van der Waals surface area contributed by atoms with E-state index < -0.39 is 15.8 Å². The zero-order chi connectivity index (χ0) is 19.9. The average Bonchev–Trinajstić information content (AvgIpc) is 3.37. The predicted octanol–water partition coefficient (Wildman–Crippen LogP) is 2.46. The fraction of sp³-hybridized carbons (Fsp3) is 0.588. The number of aromatic nitrogens is 3. The third kappa shape index (κ3) is 4.41. The molecule has 2 aliphatic rings. The highest BCUT2D eigenvalue weighted by atomic mass is 32.2. The number of anilines is 2. The van der Waals surface area contributed by atoms with E-state index in [-0.39, 0.29) is 11.7 Å². The van der Waals surface area contributed by atoms with E-state index >= 15 is 0 Å². The van der Waals surface area contributed by atoms with Crippen LogP contribution in [0, 0.1) is 12.7 Å². The van der Waals surface area contributed by atoms with E-state index in [1.54, 1.807) is 0 Å². The Bertz CT molecular complexity index is 968. The van der Waals surface area contributed by atoms with Crippen LogP contribution < -0.4 is 10.6 Å². The second-order valence-corrected chi connectivity index (χ2v) is 10.3. The normalized spacial score (nSPS) is 19.0. The smallest absolute Gasteiger partial charge is 0.223 e. The predicted molar refractivity (Wildman–Crippen MR) is 108 cm³/mol. The molecule has 2 aromatic rings. The summed E-state index contributed by atoms with van der Waals surface area (Å²) in [6, 6.07) is 0.523. The monoisotopic (exact) mass is 426 g/mol. The molecule has 11 heteroatoms. The third-order valence-corrected chi connectivity index (χ3v) is 7.32. The number of hydrogen-bond acceptors (Lipinski definition) is 8. The van der Waals surface area contributed by atoms with Gasteiger partial charge >= 0.3 is 0 Å². The van der Waals surface area contributed by atoms with Crippen molar-refractivity contribution in [3.8, 4) is 10.6 Å². The SMILES string of the molecule is Cc1nc(NC2CC2)sc1-c1nc(NC2CCN(S(C)(=O)=O)CC2)ncc1F. The van der Waals surface area contributed by atoms with Gasteiger partial charge in [0.25, 0.3) is 0 Å². The Morgan fingerprint density at radius 3 is 2.46 bits per heavy atom. The molecule has 0 radical (unpaired) electrons. The molecule has 152 valence electrons. The first-order valence-corrected chi connectivity index (χ1v) is 11.9. The van der Waals surface area contributed by atoms with Gasteiger partial charge in [0, 0.05) is 25.2 Å². The summed E-state index contributed by atoms with van der Waals surface area (Å²) < 4.78 is 39.1. The van der Waals surface area contributed by atoms with Gasteiger partial charge in [-0.3, -0.25) is 0 Å². The topological polar surface area (TPSA) is 100 Å². The van der Waals surface area contributed by atoms with Crippen molar-refractivity contribution in [3.05, 3.63) is 17.7 Å². The molecule has 0 aromatic carbocycles. The molecule has 1 aliphatic heterocycles. The standard InChI is InChI=1S/C17H23FN6O2S2/c1-10-15(27-17(20-10)22-11-3-4-11)14-13(18)9-19-16(23-14)21-12-5-7-24(8-6-12)28(2,25)26/h9,11-12H,3-8H2,1-2H3,(H,20,22)(H,19,21,23). The summed E-state index contributed by atoms with van der Waals surface area (Å²) in [6.07, 6.45) is 5.98. The molecule has 1 saturated heterocycles. The van der Waals surface area contributed by atoms with Crippen molar-refractivity contribution in [2.24, 2.45) is 0 Å². The van der Waals surface area contributed by atoms with E-state index in [4.69, 9.17) is 0 Å². The largest absolute Gasteiger partial charge is 0.359 e. The van der Waals surface area contributed by atoms with Gasteiger partial charge in [-0.2, -0.15) is 0 Å². The first kappa shape index (κ1) is 19.5. The van der Waals surface area contributed by atoms with E-state index in [1.165, 1.54) is 28.1 Å². The molecule has 28 heavy (non-hydrogen) atoms. The maximum absolute atomic E-state index is 14.4. The summed E-state index contributed by atoms with van der Waals surface area (Å²) in [6.45, 7) is 2.75. The number of piperidine rings is 1. The highest BCUT2D eigenvalue weighted by Gasteiger charge is 2.26. The fourth-order valence-electron chi connectivity index (χ4n) is 3.19. The Hall–Kier alpha value is -1.85. The van der Waals surface area contributed by atoms with Gasteiger partial charge in [0.2, 0.25) is 16.0 Å². The summed E-state index contributed by atoms with van der Waals surface area (Å²) in [4.78, 5) is 13.6. The number of nitrogens with zero attached hydrogens (tertiary/aromatic N) is 4. The Labute approximate surface area is 167 Å². The van der Waals surface area contributed by atoms with Gasteiger partial charge in [0.1, 0.15) is 5.69 Å². The molecule has 0 bridgehead atoms. The van der Waals surface area contributed by atoms with Gasteiger partial charge in [-0.15, -0.1) is 0 Å². The molecular weight excluding hydrogens is 403 g/mol. The molecule has 2 aromatic heterocycles. The lowest BCUT2D eigenvalue weighted by molar-refractivity contribution is 0.331. The van der Waals surface area contributed by atoms with E-state index in [9.17, 15) is 12.8 Å². The summed E-state index contributed by atoms with van der Waals surface area (Å²) in [5, 5.41) is 7.34. The fourth-order valence-corrected chi connectivity index (χ4v) is 5.10. The molecule has 4 rings (SSSR count). The molecule has 0 atom stereocenters. The third-order valence-electron chi connectivity index (χ3n) is 4.92. The summed E-state index contributed by atoms with van der Waals surface area (Å²) in [5.74, 6) is -0.138. The maximum atomic E-state index is 14.4. The van der Waals surface area contributed by atoms with Crippen molar-refractivity contribution in [1.29, 1.82) is 0 Å². The number of halogens is 1. The number of sulfonamides is 1. The lowest BCUT2D eigenvalue weighted by Gasteiger charge is -2.30. The van der Waals surface area contributed by atoms with Crippen LogP contribution in [0.25, 0.3) is 10.6 Å². The number of aryl methyl sites for hydroxylation is 1. The van der Waals surface area contributed by atoms with Gasteiger partial charge in [-0.1, -0.05) is 11.3 Å². The second-order valence-electron chi connectivity index (χ2n) is 7.32. The molecule has 3 heterocycles. The highest BCUT2D eigenvalue weighted by molar-refractivity contribution is 7.88. The summed E-state index contributed by atoms with van der Waals surface area (Å²) >= 11 is 1.40. The van der Waals surface area contributed by atoms with Crippen LogP contribution in [0.2, 0.25) is 0 Å². The van der Waals surface area contributed by atoms with Crippen LogP contribution in [0.4, 0.5) is 15.5 Å². The molecule has 2 N–H and O–H groups in total. The van der Waals surface area contributed by atoms with Crippen LogP contribution in [0.5, 0.6) is 0 Å². The van der Waals surface area contributed by atoms with Crippen molar-refractivity contribution >= 4 is 32.4 Å². The maximum Gasteiger partial charge on any atom is 0.223 e. The Morgan fingerprint density at radius 1 is 1.14 bits per heavy atom. The Kier molecular flexibility index (Phi) is 5.23. The Balaban J connectivity index is 1.48. The van der Waals surface area contributed by atoms with Crippen molar-refractivity contribution in [2.75, 3.05) is 30.0 Å².